The lowest BCUT2D eigenvalue weighted by molar-refractivity contribution is 1.06. The topological polar surface area (TPSA) is 43.6 Å². The molecule has 3 heterocycles. The van der Waals surface area contributed by atoms with Crippen LogP contribution in [0.15, 0.2) is 206 Å². The Morgan fingerprint density at radius 2 is 0.828 bits per heavy atom. The lowest BCUT2D eigenvalue weighted by atomic mass is 9.98. The zero-order chi connectivity index (χ0) is 42.7. The number of aryl methyl sites for hydroxylation is 2. The summed E-state index contributed by atoms with van der Waals surface area (Å²) in [7, 11) is 0. The minimum absolute atomic E-state index is 0.605. The molecular formula is C59H40N4S. The lowest BCUT2D eigenvalue weighted by Gasteiger charge is -2.17. The van der Waals surface area contributed by atoms with Gasteiger partial charge in [-0.15, -0.1) is 11.3 Å². The van der Waals surface area contributed by atoms with E-state index in [2.05, 4.69) is 188 Å². The van der Waals surface area contributed by atoms with Gasteiger partial charge in [0, 0.05) is 47.6 Å². The number of nitrogens with zero attached hydrogens (tertiary/aromatic N) is 4. The number of fused-ring (bicyclic) bond motifs is 6. The maximum atomic E-state index is 5.38. The van der Waals surface area contributed by atoms with Gasteiger partial charge in [0.2, 0.25) is 0 Å². The second-order valence-electron chi connectivity index (χ2n) is 16.5. The first kappa shape index (κ1) is 37.7. The van der Waals surface area contributed by atoms with Crippen LogP contribution in [0.5, 0.6) is 0 Å². The van der Waals surface area contributed by atoms with Gasteiger partial charge in [0.05, 0.1) is 16.7 Å². The van der Waals surface area contributed by atoms with Crippen LogP contribution >= 0.6 is 11.3 Å². The predicted molar refractivity (Wildman–Crippen MR) is 269 cm³/mol. The van der Waals surface area contributed by atoms with Crippen molar-refractivity contribution in [3.8, 4) is 73.2 Å². The summed E-state index contributed by atoms with van der Waals surface area (Å²) < 4.78 is 4.98. The van der Waals surface area contributed by atoms with Crippen LogP contribution in [0.3, 0.4) is 0 Å². The quantitative estimate of drug-likeness (QED) is 0.161. The van der Waals surface area contributed by atoms with Crippen LogP contribution in [0.2, 0.25) is 0 Å². The molecule has 0 aliphatic heterocycles. The average Bonchev–Trinajstić information content (AvgIpc) is 3.90. The highest BCUT2D eigenvalue weighted by Gasteiger charge is 2.22. The Kier molecular flexibility index (Phi) is 9.09. The van der Waals surface area contributed by atoms with E-state index in [-0.39, 0.29) is 0 Å². The summed E-state index contributed by atoms with van der Waals surface area (Å²) in [5.41, 5.74) is 15.5. The van der Waals surface area contributed by atoms with Gasteiger partial charge in [-0.1, -0.05) is 176 Å². The summed E-state index contributed by atoms with van der Waals surface area (Å²) in [6.45, 7) is 4.37. The number of hydrogen-bond acceptors (Lipinski definition) is 4. The van der Waals surface area contributed by atoms with E-state index in [1.165, 1.54) is 69.9 Å². The Bertz CT molecular complexity index is 3590. The molecule has 0 saturated heterocycles. The van der Waals surface area contributed by atoms with Gasteiger partial charge in [0.15, 0.2) is 17.5 Å². The highest BCUT2D eigenvalue weighted by Crippen LogP contribution is 2.44. The molecule has 0 radical (unpaired) electrons. The first-order chi connectivity index (χ1) is 31.6. The van der Waals surface area contributed by atoms with E-state index in [1.807, 2.05) is 47.7 Å². The maximum absolute atomic E-state index is 5.38. The van der Waals surface area contributed by atoms with E-state index in [4.69, 9.17) is 15.0 Å². The molecule has 0 saturated carbocycles. The number of benzene rings is 9. The Hall–Kier alpha value is -7.99. The molecule has 0 aliphatic rings. The second kappa shape index (κ2) is 15.4. The Morgan fingerprint density at radius 1 is 0.344 bits per heavy atom. The van der Waals surface area contributed by atoms with Gasteiger partial charge in [-0.05, 0) is 88.7 Å². The third-order valence-corrected chi connectivity index (χ3v) is 13.8. The van der Waals surface area contributed by atoms with Crippen molar-refractivity contribution in [1.29, 1.82) is 0 Å². The molecule has 0 spiro atoms. The molecule has 0 N–H and O–H groups in total. The first-order valence-electron chi connectivity index (χ1n) is 21.7. The molecule has 5 heteroatoms. The summed E-state index contributed by atoms with van der Waals surface area (Å²) >= 11 is 1.84. The molecule has 4 nitrogen and oxygen atoms in total. The fourth-order valence-electron chi connectivity index (χ4n) is 9.39. The Morgan fingerprint density at radius 3 is 1.44 bits per heavy atom. The highest BCUT2D eigenvalue weighted by molar-refractivity contribution is 7.26. The molecule has 9 aromatic carbocycles. The number of thiophene rings is 1. The van der Waals surface area contributed by atoms with Gasteiger partial charge < -0.3 is 4.57 Å². The molecular weight excluding hydrogens is 797 g/mol. The Balaban J connectivity index is 1.19. The van der Waals surface area contributed by atoms with E-state index in [0.717, 1.165) is 39.0 Å². The van der Waals surface area contributed by atoms with E-state index in [9.17, 15) is 0 Å². The molecule has 0 aliphatic carbocycles. The summed E-state index contributed by atoms with van der Waals surface area (Å²) in [6, 6.07) is 73.8. The zero-order valence-corrected chi connectivity index (χ0v) is 36.1. The lowest BCUT2D eigenvalue weighted by Crippen LogP contribution is -2.04. The molecule has 0 amide bonds. The van der Waals surface area contributed by atoms with Crippen molar-refractivity contribution in [3.63, 3.8) is 0 Å². The SMILES string of the molecule is Cc1ccccc1-c1ccc2c3ccc(-c4ccccc4C)cc3n(-c3ccc(-c4cccc5c4sc4ccccc45)cc3-c3nc(-c4ccccc4)nc(-c4ccccc4)n3)c2c1. The molecule has 64 heavy (non-hydrogen) atoms. The molecule has 12 rings (SSSR count). The van der Waals surface area contributed by atoms with Crippen molar-refractivity contribution in [2.24, 2.45) is 0 Å². The van der Waals surface area contributed by atoms with Crippen molar-refractivity contribution in [2.75, 3.05) is 0 Å². The van der Waals surface area contributed by atoms with Gasteiger partial charge in [-0.25, -0.2) is 15.0 Å². The minimum atomic E-state index is 0.605. The van der Waals surface area contributed by atoms with Crippen molar-refractivity contribution < 1.29 is 0 Å². The molecule has 3 aromatic heterocycles. The van der Waals surface area contributed by atoms with Crippen LogP contribution in [0, 0.1) is 13.8 Å². The predicted octanol–water partition coefficient (Wildman–Crippen LogP) is 16.0. The van der Waals surface area contributed by atoms with Crippen LogP contribution in [0.1, 0.15) is 11.1 Å². The molecule has 0 fully saturated rings. The van der Waals surface area contributed by atoms with Crippen molar-refractivity contribution >= 4 is 53.3 Å². The number of aromatic nitrogens is 4. The average molecular weight is 837 g/mol. The molecule has 0 atom stereocenters. The standard InChI is InChI=1S/C59H40N4S/c1-37-16-9-11-22-44(37)42-28-31-47-48-32-29-43(45-23-12-10-17-38(45)2)36-54(48)63(53(47)35-42)52-33-30-41(46-25-15-26-50-49-24-13-14-27-55(49)64-56(46)50)34-51(52)59-61-57(39-18-5-3-6-19-39)60-58(62-59)40-20-7-4-8-21-40/h3-36H,1-2H3. The second-order valence-corrected chi connectivity index (χ2v) is 17.5. The van der Waals surface area contributed by atoms with E-state index < -0.39 is 0 Å². The first-order valence-corrected chi connectivity index (χ1v) is 22.5. The van der Waals surface area contributed by atoms with Gasteiger partial charge in [0.25, 0.3) is 0 Å². The van der Waals surface area contributed by atoms with Crippen LogP contribution in [0.4, 0.5) is 0 Å². The largest absolute Gasteiger partial charge is 0.308 e. The summed E-state index contributed by atoms with van der Waals surface area (Å²) in [4.78, 5) is 15.9. The Labute approximate surface area is 375 Å². The van der Waals surface area contributed by atoms with E-state index in [1.54, 1.807) is 0 Å². The summed E-state index contributed by atoms with van der Waals surface area (Å²) in [5, 5.41) is 4.90. The van der Waals surface area contributed by atoms with Gasteiger partial charge in [0.1, 0.15) is 0 Å². The monoisotopic (exact) mass is 836 g/mol. The zero-order valence-electron chi connectivity index (χ0n) is 35.3. The maximum Gasteiger partial charge on any atom is 0.166 e. The minimum Gasteiger partial charge on any atom is -0.308 e. The molecule has 0 unspecified atom stereocenters. The van der Waals surface area contributed by atoms with Crippen molar-refractivity contribution in [3.05, 3.63) is 217 Å². The van der Waals surface area contributed by atoms with Gasteiger partial charge in [-0.3, -0.25) is 0 Å². The summed E-state index contributed by atoms with van der Waals surface area (Å²) in [6.07, 6.45) is 0. The van der Waals surface area contributed by atoms with Crippen LogP contribution in [-0.2, 0) is 0 Å². The van der Waals surface area contributed by atoms with Crippen LogP contribution in [0.25, 0.3) is 115 Å². The number of rotatable bonds is 7. The fraction of sp³-hybridized carbons (Fsp3) is 0.0339. The smallest absolute Gasteiger partial charge is 0.166 e. The van der Waals surface area contributed by atoms with E-state index >= 15 is 0 Å². The van der Waals surface area contributed by atoms with Gasteiger partial charge >= 0.3 is 0 Å². The number of hydrogen-bond donors (Lipinski definition) is 0. The van der Waals surface area contributed by atoms with Crippen molar-refractivity contribution in [2.45, 2.75) is 13.8 Å². The van der Waals surface area contributed by atoms with Crippen molar-refractivity contribution in [1.82, 2.24) is 19.5 Å². The normalized spacial score (nSPS) is 11.6. The fourth-order valence-corrected chi connectivity index (χ4v) is 10.6. The molecule has 302 valence electrons. The molecule has 12 aromatic rings. The van der Waals surface area contributed by atoms with E-state index in [0.29, 0.717) is 17.5 Å². The molecule has 0 bridgehead atoms. The third-order valence-electron chi connectivity index (χ3n) is 12.6. The summed E-state index contributed by atoms with van der Waals surface area (Å²) in [5.74, 6) is 1.85. The van der Waals surface area contributed by atoms with Crippen LogP contribution in [-0.4, -0.2) is 19.5 Å². The highest BCUT2D eigenvalue weighted by atomic mass is 32.1. The third kappa shape index (κ3) is 6.40. The van der Waals surface area contributed by atoms with Crippen LogP contribution < -0.4 is 0 Å². The van der Waals surface area contributed by atoms with Gasteiger partial charge in [-0.2, -0.15) is 0 Å².